The minimum atomic E-state index is -0.786. The van der Waals surface area contributed by atoms with Crippen LogP contribution < -0.4 is 4.90 Å². The molecule has 1 atom stereocenters. The van der Waals surface area contributed by atoms with Crippen molar-refractivity contribution < 1.29 is 15.0 Å². The summed E-state index contributed by atoms with van der Waals surface area (Å²) in [6, 6.07) is 14.6. The maximum Gasteiger partial charge on any atom is 0.312 e. The third-order valence-corrected chi connectivity index (χ3v) is 3.66. The molecule has 4 heteroatoms. The molecule has 20 heavy (non-hydrogen) atoms. The van der Waals surface area contributed by atoms with Gasteiger partial charge in [0.1, 0.15) is 11.7 Å². The minimum Gasteiger partial charge on any atom is -0.508 e. The molecule has 0 radical (unpaired) electrons. The first-order chi connectivity index (χ1) is 9.65. The Morgan fingerprint density at radius 2 is 1.85 bits per heavy atom. The van der Waals surface area contributed by atoms with Gasteiger partial charge < -0.3 is 15.1 Å². The van der Waals surface area contributed by atoms with Crippen molar-refractivity contribution in [3.8, 4) is 5.75 Å². The monoisotopic (exact) mass is 269 g/mol. The van der Waals surface area contributed by atoms with Gasteiger partial charge in [0.15, 0.2) is 0 Å². The third-order valence-electron chi connectivity index (χ3n) is 3.66. The molecule has 1 heterocycles. The Kier molecular flexibility index (Phi) is 3.06. The second-order valence-electron chi connectivity index (χ2n) is 5.00. The van der Waals surface area contributed by atoms with Crippen LogP contribution in [0.4, 0.5) is 5.69 Å². The number of benzene rings is 2. The number of carboxylic acid groups (broad SMARTS) is 1. The van der Waals surface area contributed by atoms with Crippen LogP contribution in [-0.2, 0) is 11.3 Å². The minimum absolute atomic E-state index is 0.235. The van der Waals surface area contributed by atoms with Gasteiger partial charge in [0.05, 0.1) is 0 Å². The molecular weight excluding hydrogens is 254 g/mol. The van der Waals surface area contributed by atoms with Crippen LogP contribution in [0.3, 0.4) is 0 Å². The molecular formula is C16H15NO3. The number of phenols is 1. The highest BCUT2D eigenvalue weighted by molar-refractivity contribution is 5.82. The Morgan fingerprint density at radius 1 is 1.15 bits per heavy atom. The first kappa shape index (κ1) is 12.5. The number of para-hydroxylation sites is 1. The van der Waals surface area contributed by atoms with Crippen molar-refractivity contribution in [2.45, 2.75) is 12.5 Å². The van der Waals surface area contributed by atoms with Crippen LogP contribution in [-0.4, -0.2) is 22.7 Å². The van der Waals surface area contributed by atoms with E-state index in [2.05, 4.69) is 4.90 Å². The maximum absolute atomic E-state index is 11.3. The highest BCUT2D eigenvalue weighted by Crippen LogP contribution is 2.37. The molecule has 2 aromatic rings. The molecule has 0 aromatic heterocycles. The van der Waals surface area contributed by atoms with Crippen molar-refractivity contribution in [3.63, 3.8) is 0 Å². The largest absolute Gasteiger partial charge is 0.508 e. The number of carbonyl (C=O) groups is 1. The Morgan fingerprint density at radius 3 is 2.55 bits per heavy atom. The molecule has 0 amide bonds. The number of aliphatic carboxylic acids is 1. The molecule has 0 saturated carbocycles. The quantitative estimate of drug-likeness (QED) is 0.899. The van der Waals surface area contributed by atoms with E-state index in [9.17, 15) is 15.0 Å². The maximum atomic E-state index is 11.3. The number of fused-ring (bicyclic) bond motifs is 1. The summed E-state index contributed by atoms with van der Waals surface area (Å²) in [6.45, 7) is 1.12. The van der Waals surface area contributed by atoms with Gasteiger partial charge in [-0.1, -0.05) is 30.3 Å². The van der Waals surface area contributed by atoms with Crippen LogP contribution in [0.2, 0.25) is 0 Å². The number of anilines is 1. The fraction of sp³-hybridized carbons (Fsp3) is 0.188. The lowest BCUT2D eigenvalue weighted by atomic mass is 10.0. The number of carboxylic acids is 1. The van der Waals surface area contributed by atoms with Crippen molar-refractivity contribution in [2.75, 3.05) is 11.4 Å². The number of hydrogen-bond acceptors (Lipinski definition) is 3. The Labute approximate surface area is 116 Å². The molecule has 1 unspecified atom stereocenters. The van der Waals surface area contributed by atoms with Gasteiger partial charge in [0.2, 0.25) is 0 Å². The second kappa shape index (κ2) is 4.89. The lowest BCUT2D eigenvalue weighted by Crippen LogP contribution is -2.24. The molecule has 102 valence electrons. The van der Waals surface area contributed by atoms with E-state index in [0.717, 1.165) is 16.8 Å². The number of hydrogen-bond donors (Lipinski definition) is 2. The van der Waals surface area contributed by atoms with Crippen LogP contribution in [0.15, 0.2) is 48.5 Å². The summed E-state index contributed by atoms with van der Waals surface area (Å²) in [7, 11) is 0. The number of phenolic OH excluding ortho intramolecular Hbond substituents is 1. The Hall–Kier alpha value is -2.49. The average molecular weight is 269 g/mol. The second-order valence-corrected chi connectivity index (χ2v) is 5.00. The molecule has 1 aliphatic heterocycles. The van der Waals surface area contributed by atoms with Crippen LogP contribution in [0.1, 0.15) is 17.0 Å². The van der Waals surface area contributed by atoms with Gasteiger partial charge in [-0.3, -0.25) is 4.79 Å². The first-order valence-electron chi connectivity index (χ1n) is 6.50. The zero-order chi connectivity index (χ0) is 14.1. The topological polar surface area (TPSA) is 60.8 Å². The fourth-order valence-electron chi connectivity index (χ4n) is 2.67. The number of aromatic hydroxyl groups is 1. The third kappa shape index (κ3) is 2.20. The van der Waals surface area contributed by atoms with Crippen LogP contribution in [0.25, 0.3) is 0 Å². The molecule has 3 rings (SSSR count). The number of nitrogens with zero attached hydrogens (tertiary/aromatic N) is 1. The van der Waals surface area contributed by atoms with Crippen LogP contribution >= 0.6 is 0 Å². The summed E-state index contributed by atoms with van der Waals surface area (Å²) in [6.07, 6.45) is 0. The molecule has 2 N–H and O–H groups in total. The van der Waals surface area contributed by atoms with Gasteiger partial charge in [-0.2, -0.15) is 0 Å². The van der Waals surface area contributed by atoms with Gasteiger partial charge in [-0.15, -0.1) is 0 Å². The average Bonchev–Trinajstić information content (AvgIpc) is 2.81. The molecule has 0 bridgehead atoms. The summed E-state index contributed by atoms with van der Waals surface area (Å²) in [5, 5.41) is 18.6. The summed E-state index contributed by atoms with van der Waals surface area (Å²) < 4.78 is 0. The molecule has 2 aromatic carbocycles. The van der Waals surface area contributed by atoms with Crippen LogP contribution in [0, 0.1) is 0 Å². The van der Waals surface area contributed by atoms with Crippen molar-refractivity contribution in [3.05, 3.63) is 59.7 Å². The van der Waals surface area contributed by atoms with E-state index in [1.165, 1.54) is 0 Å². The standard InChI is InChI=1S/C16H15NO3/c18-12-7-5-11(6-8-12)9-17-10-14(16(19)20)13-3-1-2-4-15(13)17/h1-8,14,18H,9-10H2,(H,19,20). The number of rotatable bonds is 3. The molecule has 4 nitrogen and oxygen atoms in total. The van der Waals surface area contributed by atoms with Gasteiger partial charge in [0.25, 0.3) is 0 Å². The molecule has 0 fully saturated rings. The fourth-order valence-corrected chi connectivity index (χ4v) is 2.67. The van der Waals surface area contributed by atoms with E-state index < -0.39 is 11.9 Å². The van der Waals surface area contributed by atoms with Crippen molar-refractivity contribution in [1.29, 1.82) is 0 Å². The van der Waals surface area contributed by atoms with E-state index in [-0.39, 0.29) is 5.75 Å². The highest BCUT2D eigenvalue weighted by atomic mass is 16.4. The molecule has 0 spiro atoms. The summed E-state index contributed by atoms with van der Waals surface area (Å²) >= 11 is 0. The van der Waals surface area contributed by atoms with Gasteiger partial charge >= 0.3 is 5.97 Å². The first-order valence-corrected chi connectivity index (χ1v) is 6.50. The summed E-state index contributed by atoms with van der Waals surface area (Å²) in [4.78, 5) is 13.4. The Balaban J connectivity index is 1.88. The van der Waals surface area contributed by atoms with E-state index in [4.69, 9.17) is 0 Å². The molecule has 0 aliphatic carbocycles. The van der Waals surface area contributed by atoms with E-state index in [1.807, 2.05) is 36.4 Å². The lowest BCUT2D eigenvalue weighted by Gasteiger charge is -2.19. The van der Waals surface area contributed by atoms with E-state index in [0.29, 0.717) is 13.1 Å². The van der Waals surface area contributed by atoms with Gasteiger partial charge in [-0.05, 0) is 29.3 Å². The predicted molar refractivity (Wildman–Crippen MR) is 76.0 cm³/mol. The zero-order valence-electron chi connectivity index (χ0n) is 10.9. The summed E-state index contributed by atoms with van der Waals surface area (Å²) in [5.74, 6) is -1.02. The van der Waals surface area contributed by atoms with Crippen LogP contribution in [0.5, 0.6) is 5.75 Å². The molecule has 1 aliphatic rings. The van der Waals surface area contributed by atoms with Crippen molar-refractivity contribution in [1.82, 2.24) is 0 Å². The van der Waals surface area contributed by atoms with E-state index in [1.54, 1.807) is 12.1 Å². The van der Waals surface area contributed by atoms with Gasteiger partial charge in [0, 0.05) is 18.8 Å². The van der Waals surface area contributed by atoms with Crippen molar-refractivity contribution >= 4 is 11.7 Å². The Bertz CT molecular complexity index is 636. The van der Waals surface area contributed by atoms with Gasteiger partial charge in [-0.25, -0.2) is 0 Å². The zero-order valence-corrected chi connectivity index (χ0v) is 10.9. The molecule has 0 saturated heterocycles. The highest BCUT2D eigenvalue weighted by Gasteiger charge is 2.32. The normalized spacial score (nSPS) is 17.0. The van der Waals surface area contributed by atoms with Crippen molar-refractivity contribution in [2.24, 2.45) is 0 Å². The SMILES string of the molecule is O=C(O)C1CN(Cc2ccc(O)cc2)c2ccccc21. The summed E-state index contributed by atoms with van der Waals surface area (Å²) in [5.41, 5.74) is 2.90. The smallest absolute Gasteiger partial charge is 0.312 e. The van der Waals surface area contributed by atoms with E-state index >= 15 is 0 Å². The lowest BCUT2D eigenvalue weighted by molar-refractivity contribution is -0.138. The predicted octanol–water partition coefficient (Wildman–Crippen LogP) is 2.58.